The number of hydrogen-bond donors (Lipinski definition) is 0. The summed E-state index contributed by atoms with van der Waals surface area (Å²) in [5, 5.41) is 1.77. The third-order valence-electron chi connectivity index (χ3n) is 3.04. The van der Waals surface area contributed by atoms with Crippen molar-refractivity contribution >= 4 is 69.6 Å². The highest BCUT2D eigenvalue weighted by molar-refractivity contribution is 6.52. The number of ether oxygens (including phenoxy) is 1. The van der Waals surface area contributed by atoms with E-state index < -0.39 is 0 Å². The number of rotatable bonds is 0. The molecule has 0 saturated carbocycles. The fraction of sp³-hybridized carbons (Fsp3) is 0.0769. The lowest BCUT2D eigenvalue weighted by Crippen LogP contribution is -2.06. The Hall–Kier alpha value is -0.0200. The molecule has 1 aliphatic rings. The van der Waals surface area contributed by atoms with Crippen LogP contribution in [0.5, 0.6) is 11.5 Å². The van der Waals surface area contributed by atoms with Crippen LogP contribution in [0.15, 0.2) is 12.1 Å². The van der Waals surface area contributed by atoms with E-state index in [1.54, 1.807) is 12.1 Å². The van der Waals surface area contributed by atoms with E-state index in [0.29, 0.717) is 38.6 Å². The molecule has 1 heterocycles. The lowest BCUT2D eigenvalue weighted by atomic mass is 10.00. The first kappa shape index (κ1) is 14.9. The molecule has 20 heavy (non-hydrogen) atoms. The summed E-state index contributed by atoms with van der Waals surface area (Å²) in [6.45, 7) is 0. The molecule has 0 spiro atoms. The summed E-state index contributed by atoms with van der Waals surface area (Å²) in [7, 11) is 0. The molecular weight excluding hydrogens is 385 g/mol. The summed E-state index contributed by atoms with van der Waals surface area (Å²) in [6.07, 6.45) is 0.416. The van der Waals surface area contributed by atoms with E-state index in [4.69, 9.17) is 74.3 Å². The molecule has 0 fully saturated rings. The second kappa shape index (κ2) is 5.31. The van der Waals surface area contributed by atoms with Gasteiger partial charge in [0.05, 0.1) is 25.1 Å². The van der Waals surface area contributed by atoms with Crippen molar-refractivity contribution < 1.29 is 4.74 Å². The Morgan fingerprint density at radius 3 is 2.05 bits per heavy atom. The van der Waals surface area contributed by atoms with E-state index in [1.807, 2.05) is 0 Å². The molecule has 0 unspecified atom stereocenters. The largest absolute Gasteiger partial charge is 0.455 e. The topological polar surface area (TPSA) is 9.23 Å². The molecule has 0 aliphatic carbocycles. The first-order valence-corrected chi connectivity index (χ1v) is 7.68. The van der Waals surface area contributed by atoms with Gasteiger partial charge in [-0.1, -0.05) is 69.6 Å². The van der Waals surface area contributed by atoms with Gasteiger partial charge in [-0.25, -0.2) is 0 Å². The van der Waals surface area contributed by atoms with Crippen molar-refractivity contribution in [1.82, 2.24) is 0 Å². The van der Waals surface area contributed by atoms with Crippen LogP contribution in [0, 0.1) is 0 Å². The number of fused-ring (bicyclic) bond motifs is 2. The number of hydrogen-bond acceptors (Lipinski definition) is 1. The van der Waals surface area contributed by atoms with Gasteiger partial charge in [0.1, 0.15) is 10.8 Å². The van der Waals surface area contributed by atoms with Gasteiger partial charge in [0.15, 0.2) is 5.75 Å². The first-order valence-electron chi connectivity index (χ1n) is 5.41. The van der Waals surface area contributed by atoms with Crippen molar-refractivity contribution in [1.29, 1.82) is 0 Å². The molecule has 0 aromatic heterocycles. The monoisotopic (exact) mass is 386 g/mol. The highest BCUT2D eigenvalue weighted by Gasteiger charge is 2.28. The Labute approximate surface area is 145 Å². The van der Waals surface area contributed by atoms with E-state index in [9.17, 15) is 0 Å². The Bertz CT molecular complexity index is 741. The second-order valence-electron chi connectivity index (χ2n) is 4.18. The maximum atomic E-state index is 6.22. The molecule has 7 heteroatoms. The SMILES string of the molecule is Clc1ccc2c(c1Cl)Cc1c(Cl)c(Cl)c(Cl)c(Cl)c1O2. The van der Waals surface area contributed by atoms with Crippen LogP contribution in [0.3, 0.4) is 0 Å². The highest BCUT2D eigenvalue weighted by atomic mass is 35.5. The molecule has 1 aliphatic heterocycles. The van der Waals surface area contributed by atoms with Crippen LogP contribution in [-0.2, 0) is 6.42 Å². The minimum absolute atomic E-state index is 0.167. The normalized spacial score (nSPS) is 12.7. The molecular formula is C13H4Cl6O. The van der Waals surface area contributed by atoms with Crippen LogP contribution in [0.4, 0.5) is 0 Å². The Morgan fingerprint density at radius 2 is 1.35 bits per heavy atom. The van der Waals surface area contributed by atoms with E-state index >= 15 is 0 Å². The van der Waals surface area contributed by atoms with Gasteiger partial charge in [-0.2, -0.15) is 0 Å². The average molecular weight is 389 g/mol. The molecule has 0 amide bonds. The predicted octanol–water partition coefficient (Wildman–Crippen LogP) is 7.30. The zero-order valence-electron chi connectivity index (χ0n) is 9.54. The van der Waals surface area contributed by atoms with Crippen LogP contribution in [0.2, 0.25) is 30.1 Å². The summed E-state index contributed by atoms with van der Waals surface area (Å²) < 4.78 is 5.76. The fourth-order valence-corrected chi connectivity index (χ4v) is 3.42. The average Bonchev–Trinajstić information content (AvgIpc) is 2.45. The van der Waals surface area contributed by atoms with Gasteiger partial charge in [-0.15, -0.1) is 0 Å². The third kappa shape index (κ3) is 2.16. The summed E-state index contributed by atoms with van der Waals surface area (Å²) in [5.41, 5.74) is 1.38. The minimum atomic E-state index is 0.167. The van der Waals surface area contributed by atoms with Crippen LogP contribution in [-0.4, -0.2) is 0 Å². The Morgan fingerprint density at radius 1 is 0.700 bits per heavy atom. The quantitative estimate of drug-likeness (QED) is 0.290. The van der Waals surface area contributed by atoms with E-state index in [0.717, 1.165) is 5.56 Å². The predicted molar refractivity (Wildman–Crippen MR) is 85.8 cm³/mol. The maximum absolute atomic E-state index is 6.22. The van der Waals surface area contributed by atoms with Gasteiger partial charge in [0.2, 0.25) is 0 Å². The second-order valence-corrected chi connectivity index (χ2v) is 6.48. The molecule has 3 rings (SSSR count). The van der Waals surface area contributed by atoms with E-state index in [2.05, 4.69) is 0 Å². The van der Waals surface area contributed by atoms with Crippen molar-refractivity contribution in [3.8, 4) is 11.5 Å². The highest BCUT2D eigenvalue weighted by Crippen LogP contribution is 2.52. The molecule has 1 nitrogen and oxygen atoms in total. The number of halogens is 6. The first-order chi connectivity index (χ1) is 9.41. The third-order valence-corrected chi connectivity index (χ3v) is 5.70. The van der Waals surface area contributed by atoms with E-state index in [1.165, 1.54) is 0 Å². The fourth-order valence-electron chi connectivity index (χ4n) is 2.04. The summed E-state index contributed by atoms with van der Waals surface area (Å²) >= 11 is 36.7. The van der Waals surface area contributed by atoms with Gasteiger partial charge in [-0.05, 0) is 12.1 Å². The van der Waals surface area contributed by atoms with Gasteiger partial charge in [0.25, 0.3) is 0 Å². The van der Waals surface area contributed by atoms with Gasteiger partial charge in [-0.3, -0.25) is 0 Å². The minimum Gasteiger partial charge on any atom is -0.455 e. The molecule has 0 radical (unpaired) electrons. The molecule has 2 aromatic carbocycles. The molecule has 0 N–H and O–H groups in total. The smallest absolute Gasteiger partial charge is 0.152 e. The summed E-state index contributed by atoms with van der Waals surface area (Å²) in [6, 6.07) is 3.37. The summed E-state index contributed by atoms with van der Waals surface area (Å²) in [5.74, 6) is 0.972. The molecule has 104 valence electrons. The lowest BCUT2D eigenvalue weighted by Gasteiger charge is -2.24. The van der Waals surface area contributed by atoms with Crippen molar-refractivity contribution in [2.75, 3.05) is 0 Å². The Kier molecular flexibility index (Phi) is 3.96. The van der Waals surface area contributed by atoms with Gasteiger partial charge >= 0.3 is 0 Å². The molecule has 0 bridgehead atoms. The van der Waals surface area contributed by atoms with Gasteiger partial charge < -0.3 is 4.74 Å². The molecule has 0 atom stereocenters. The lowest BCUT2D eigenvalue weighted by molar-refractivity contribution is 0.460. The van der Waals surface area contributed by atoms with E-state index in [-0.39, 0.29) is 15.1 Å². The number of benzene rings is 2. The molecule has 2 aromatic rings. The van der Waals surface area contributed by atoms with Crippen LogP contribution >= 0.6 is 69.6 Å². The van der Waals surface area contributed by atoms with Crippen molar-refractivity contribution in [2.24, 2.45) is 0 Å². The van der Waals surface area contributed by atoms with Gasteiger partial charge in [0, 0.05) is 17.5 Å². The Balaban J connectivity index is 2.26. The zero-order chi connectivity index (χ0) is 14.6. The maximum Gasteiger partial charge on any atom is 0.152 e. The van der Waals surface area contributed by atoms with Crippen molar-refractivity contribution in [2.45, 2.75) is 6.42 Å². The zero-order valence-corrected chi connectivity index (χ0v) is 14.1. The van der Waals surface area contributed by atoms with Crippen molar-refractivity contribution in [3.05, 3.63) is 53.4 Å². The molecule has 0 saturated heterocycles. The van der Waals surface area contributed by atoms with Crippen LogP contribution in [0.1, 0.15) is 11.1 Å². The van der Waals surface area contributed by atoms with Crippen LogP contribution in [0.25, 0.3) is 0 Å². The summed E-state index contributed by atoms with van der Waals surface area (Å²) in [4.78, 5) is 0. The van der Waals surface area contributed by atoms with Crippen LogP contribution < -0.4 is 4.74 Å². The van der Waals surface area contributed by atoms with Crippen molar-refractivity contribution in [3.63, 3.8) is 0 Å². The standard InChI is InChI=1S/C13H4Cl6O/c14-6-1-2-7-4(8(6)15)3-5-9(16)10(17)11(18)12(19)13(5)20-7/h1-2H,3H2.